The highest BCUT2D eigenvalue weighted by Crippen LogP contribution is 2.62. The lowest BCUT2D eigenvalue weighted by Gasteiger charge is -2.39. The van der Waals surface area contributed by atoms with E-state index in [-0.39, 0.29) is 0 Å². The normalized spacial score (nSPS) is 12.7. The summed E-state index contributed by atoms with van der Waals surface area (Å²) >= 11 is 1.85. The van der Waals surface area contributed by atoms with Crippen LogP contribution in [0.5, 0.6) is 11.5 Å². The Morgan fingerprint density at radius 3 is 1.27 bits per heavy atom. The molecule has 3 nitrogen and oxygen atoms in total. The van der Waals surface area contributed by atoms with Crippen LogP contribution in [0.2, 0.25) is 0 Å². The fraction of sp³-hybridized carbons (Fsp3) is 0.0149. The Labute approximate surface area is 417 Å². The fourth-order valence-electron chi connectivity index (χ4n) is 11.4. The molecule has 0 unspecified atom stereocenters. The molecular weight excluding hydrogens is 881 g/mol. The van der Waals surface area contributed by atoms with Crippen molar-refractivity contribution in [2.75, 3.05) is 9.80 Å². The van der Waals surface area contributed by atoms with Gasteiger partial charge in [0.1, 0.15) is 11.5 Å². The molecule has 71 heavy (non-hydrogen) atoms. The van der Waals surface area contributed by atoms with Crippen molar-refractivity contribution in [1.82, 2.24) is 0 Å². The SMILES string of the molecule is c1ccc(-c2cccc(N(c3cccc(-c4ccccc4)c3)c3ccc4sc5ccc(N(c6ccccc6)c6ccc7c(c6)-c6ccccc6C76c7ccccc7Oc7ccccc76)cc5c4c3)c2)cc1. The Hall–Kier alpha value is -8.96. The number of anilines is 6. The molecular formula is C67H44N2OS. The number of rotatable bonds is 8. The Balaban J connectivity index is 0.931. The average Bonchev–Trinajstić information content (AvgIpc) is 3.95. The minimum Gasteiger partial charge on any atom is -0.457 e. The van der Waals surface area contributed by atoms with E-state index in [1.165, 1.54) is 64.7 Å². The van der Waals surface area contributed by atoms with E-state index in [4.69, 9.17) is 4.74 Å². The third-order valence-corrected chi connectivity index (χ3v) is 15.6. The number of thiophene rings is 1. The van der Waals surface area contributed by atoms with Gasteiger partial charge < -0.3 is 14.5 Å². The molecule has 0 saturated carbocycles. The minimum atomic E-state index is -0.528. The second-order valence-electron chi connectivity index (χ2n) is 18.4. The van der Waals surface area contributed by atoms with Crippen molar-refractivity contribution in [3.05, 3.63) is 289 Å². The summed E-state index contributed by atoms with van der Waals surface area (Å²) in [5.74, 6) is 1.79. The Kier molecular flexibility index (Phi) is 9.61. The van der Waals surface area contributed by atoms with Gasteiger partial charge in [0.2, 0.25) is 0 Å². The molecule has 2 aliphatic rings. The van der Waals surface area contributed by atoms with Crippen molar-refractivity contribution in [1.29, 1.82) is 0 Å². The highest BCUT2D eigenvalue weighted by molar-refractivity contribution is 7.25. The second kappa shape index (κ2) is 16.6. The molecule has 0 saturated heterocycles. The summed E-state index contributed by atoms with van der Waals surface area (Å²) in [4.78, 5) is 4.83. The Morgan fingerprint density at radius 1 is 0.282 bits per heavy atom. The van der Waals surface area contributed by atoms with Crippen LogP contribution in [0.1, 0.15) is 22.3 Å². The first-order valence-corrected chi connectivity index (χ1v) is 25.0. The van der Waals surface area contributed by atoms with Crippen LogP contribution in [0.3, 0.4) is 0 Å². The molecule has 14 rings (SSSR count). The lowest BCUT2D eigenvalue weighted by molar-refractivity contribution is 0.436. The molecule has 0 atom stereocenters. The van der Waals surface area contributed by atoms with Crippen LogP contribution in [0, 0.1) is 0 Å². The fourth-order valence-corrected chi connectivity index (χ4v) is 12.5. The van der Waals surface area contributed by atoms with Crippen LogP contribution < -0.4 is 14.5 Å². The number of hydrogen-bond donors (Lipinski definition) is 0. The van der Waals surface area contributed by atoms with Gasteiger partial charge in [0.05, 0.1) is 5.41 Å². The summed E-state index contributed by atoms with van der Waals surface area (Å²) in [6.45, 7) is 0. The van der Waals surface area contributed by atoms with Crippen LogP contribution in [0.4, 0.5) is 34.1 Å². The van der Waals surface area contributed by atoms with Crippen LogP contribution >= 0.6 is 11.3 Å². The van der Waals surface area contributed by atoms with Gasteiger partial charge in [-0.2, -0.15) is 0 Å². The summed E-state index contributed by atoms with van der Waals surface area (Å²) in [6.07, 6.45) is 0. The predicted molar refractivity (Wildman–Crippen MR) is 297 cm³/mol. The van der Waals surface area contributed by atoms with Crippen molar-refractivity contribution in [3.8, 4) is 44.9 Å². The molecule has 2 heterocycles. The molecule has 0 radical (unpaired) electrons. The Bertz CT molecular complexity index is 3860. The first kappa shape index (κ1) is 41.1. The maximum atomic E-state index is 6.63. The second-order valence-corrected chi connectivity index (χ2v) is 19.5. The maximum absolute atomic E-state index is 6.63. The van der Waals surface area contributed by atoms with Gasteiger partial charge >= 0.3 is 0 Å². The summed E-state index contributed by atoms with van der Waals surface area (Å²) < 4.78 is 9.13. The number of nitrogens with zero attached hydrogens (tertiary/aromatic N) is 2. The standard InChI is InChI=1S/C67H44N2OS/c1-4-18-45(19-5-1)47-22-16-26-50(40-47)69(51-27-17-23-48(41-51)46-20-6-2-7-21-46)54-36-39-66-58(44-54)57-43-53(35-38-65(57)71-66)68(49-24-8-3-9-25-49)52-34-37-60-56(42-52)55-28-10-11-29-59(55)67(60)61-30-12-14-32-63(61)70-64-33-15-13-31-62(64)67/h1-44H. The summed E-state index contributed by atoms with van der Waals surface area (Å²) in [7, 11) is 0. The highest BCUT2D eigenvalue weighted by atomic mass is 32.1. The van der Waals surface area contributed by atoms with E-state index < -0.39 is 5.41 Å². The van der Waals surface area contributed by atoms with Gasteiger partial charge in [0.25, 0.3) is 0 Å². The first-order valence-electron chi connectivity index (χ1n) is 24.2. The molecule has 0 N–H and O–H groups in total. The van der Waals surface area contributed by atoms with E-state index >= 15 is 0 Å². The van der Waals surface area contributed by atoms with Crippen molar-refractivity contribution >= 4 is 65.6 Å². The van der Waals surface area contributed by atoms with Crippen molar-refractivity contribution < 1.29 is 4.74 Å². The third kappa shape index (κ3) is 6.64. The zero-order valence-corrected chi connectivity index (χ0v) is 39.4. The van der Waals surface area contributed by atoms with Gasteiger partial charge in [-0.3, -0.25) is 0 Å². The monoisotopic (exact) mass is 924 g/mol. The zero-order valence-electron chi connectivity index (χ0n) is 38.6. The van der Waals surface area contributed by atoms with Gasteiger partial charge in [0, 0.05) is 65.4 Å². The number of benzene rings is 11. The molecule has 0 bridgehead atoms. The third-order valence-electron chi connectivity index (χ3n) is 14.5. The lowest BCUT2D eigenvalue weighted by atomic mass is 9.66. The Morgan fingerprint density at radius 2 is 0.690 bits per heavy atom. The molecule has 1 aliphatic carbocycles. The lowest BCUT2D eigenvalue weighted by Crippen LogP contribution is -2.32. The van der Waals surface area contributed by atoms with E-state index in [2.05, 4.69) is 277 Å². The molecule has 4 heteroatoms. The summed E-state index contributed by atoms with van der Waals surface area (Å²) in [6, 6.07) is 97.1. The molecule has 0 fully saturated rings. The van der Waals surface area contributed by atoms with E-state index in [9.17, 15) is 0 Å². The largest absolute Gasteiger partial charge is 0.457 e. The zero-order chi connectivity index (χ0) is 46.9. The molecule has 12 aromatic rings. The van der Waals surface area contributed by atoms with Gasteiger partial charge in [-0.05, 0) is 142 Å². The average molecular weight is 925 g/mol. The number of fused-ring (bicyclic) bond motifs is 12. The van der Waals surface area contributed by atoms with Gasteiger partial charge in [-0.15, -0.1) is 11.3 Å². The quantitative estimate of drug-likeness (QED) is 0.151. The molecule has 1 aromatic heterocycles. The van der Waals surface area contributed by atoms with E-state index in [1.807, 2.05) is 11.3 Å². The number of ether oxygens (including phenoxy) is 1. The molecule has 1 aliphatic heterocycles. The van der Waals surface area contributed by atoms with Gasteiger partial charge in [-0.25, -0.2) is 0 Å². The number of para-hydroxylation sites is 3. The summed E-state index contributed by atoms with van der Waals surface area (Å²) in [5, 5.41) is 2.45. The molecule has 11 aromatic carbocycles. The smallest absolute Gasteiger partial charge is 0.132 e. The van der Waals surface area contributed by atoms with Crippen LogP contribution in [-0.4, -0.2) is 0 Å². The van der Waals surface area contributed by atoms with E-state index in [1.54, 1.807) is 0 Å². The first-order chi connectivity index (χ1) is 35.2. The van der Waals surface area contributed by atoms with E-state index in [0.29, 0.717) is 0 Å². The molecule has 0 amide bonds. The van der Waals surface area contributed by atoms with Gasteiger partial charge in [-0.1, -0.05) is 170 Å². The van der Waals surface area contributed by atoms with E-state index in [0.717, 1.165) is 56.8 Å². The molecule has 1 spiro atoms. The van der Waals surface area contributed by atoms with Crippen LogP contribution in [0.25, 0.3) is 53.6 Å². The number of hydrogen-bond acceptors (Lipinski definition) is 4. The van der Waals surface area contributed by atoms with Crippen LogP contribution in [-0.2, 0) is 5.41 Å². The van der Waals surface area contributed by atoms with Crippen LogP contribution in [0.15, 0.2) is 267 Å². The highest BCUT2D eigenvalue weighted by Gasteiger charge is 2.51. The topological polar surface area (TPSA) is 15.7 Å². The summed E-state index contributed by atoms with van der Waals surface area (Å²) in [5.41, 5.74) is 18.1. The minimum absolute atomic E-state index is 0.528. The predicted octanol–water partition coefficient (Wildman–Crippen LogP) is 18.8. The van der Waals surface area contributed by atoms with Gasteiger partial charge in [0.15, 0.2) is 0 Å². The maximum Gasteiger partial charge on any atom is 0.132 e. The molecule has 334 valence electrons. The van der Waals surface area contributed by atoms with Crippen molar-refractivity contribution in [3.63, 3.8) is 0 Å². The van der Waals surface area contributed by atoms with Crippen molar-refractivity contribution in [2.45, 2.75) is 5.41 Å². The van der Waals surface area contributed by atoms with Crippen molar-refractivity contribution in [2.24, 2.45) is 0 Å².